The van der Waals surface area contributed by atoms with Crippen LogP contribution in [0.4, 0.5) is 5.69 Å². The summed E-state index contributed by atoms with van der Waals surface area (Å²) in [5.41, 5.74) is 5.90. The fourth-order valence-corrected chi connectivity index (χ4v) is 3.44. The average molecular weight is 402 g/mol. The van der Waals surface area contributed by atoms with Gasteiger partial charge in [0.05, 0.1) is 12.1 Å². The minimum atomic E-state index is -0.469. The summed E-state index contributed by atoms with van der Waals surface area (Å²) >= 11 is 0. The Morgan fingerprint density at radius 1 is 0.967 bits per heavy atom. The first-order chi connectivity index (χ1) is 14.6. The van der Waals surface area contributed by atoms with Crippen molar-refractivity contribution >= 4 is 17.8 Å². The normalized spacial score (nSPS) is 11.0. The van der Waals surface area contributed by atoms with Gasteiger partial charge in [0.2, 0.25) is 0 Å². The highest BCUT2D eigenvalue weighted by atomic mass is 16.3. The third-order valence-corrected chi connectivity index (χ3v) is 5.05. The second kappa shape index (κ2) is 10.3. The van der Waals surface area contributed by atoms with Gasteiger partial charge in [-0.3, -0.25) is 4.79 Å². The van der Waals surface area contributed by atoms with Crippen LogP contribution >= 0.6 is 0 Å². The lowest BCUT2D eigenvalue weighted by Gasteiger charge is -2.21. The van der Waals surface area contributed by atoms with E-state index in [0.29, 0.717) is 5.56 Å². The van der Waals surface area contributed by atoms with Crippen molar-refractivity contribution in [1.29, 1.82) is 0 Å². The number of nitrogens with zero attached hydrogens (tertiary/aromatic N) is 2. The highest BCUT2D eigenvalue weighted by molar-refractivity contribution is 5.89. The number of aromatic hydroxyl groups is 1. The van der Waals surface area contributed by atoms with Gasteiger partial charge in [-0.25, -0.2) is 5.43 Å². The predicted octanol–water partition coefficient (Wildman–Crippen LogP) is 4.52. The topological polar surface area (TPSA) is 64.9 Å². The van der Waals surface area contributed by atoms with E-state index in [1.54, 1.807) is 12.1 Å². The van der Waals surface area contributed by atoms with Gasteiger partial charge < -0.3 is 10.0 Å². The maximum absolute atomic E-state index is 12.9. The molecule has 0 saturated carbocycles. The summed E-state index contributed by atoms with van der Waals surface area (Å²) in [7, 11) is 0. The Morgan fingerprint density at radius 2 is 1.53 bits per heavy atom. The molecule has 3 aromatic carbocycles. The first kappa shape index (κ1) is 21.1. The lowest BCUT2D eigenvalue weighted by atomic mass is 9.91. The summed E-state index contributed by atoms with van der Waals surface area (Å²) in [6, 6.07) is 24.7. The van der Waals surface area contributed by atoms with Crippen LogP contribution in [0.25, 0.3) is 0 Å². The van der Waals surface area contributed by atoms with E-state index in [1.807, 2.05) is 66.7 Å². The van der Waals surface area contributed by atoms with E-state index >= 15 is 0 Å². The molecule has 0 spiro atoms. The zero-order valence-corrected chi connectivity index (χ0v) is 17.3. The number of hydrazone groups is 1. The van der Waals surface area contributed by atoms with Crippen molar-refractivity contribution in [2.45, 2.75) is 19.8 Å². The van der Waals surface area contributed by atoms with Gasteiger partial charge in [0.1, 0.15) is 5.75 Å². The SMILES string of the molecule is CCN(CC)c1ccc(/C=N\NC(=O)C(c2ccccc2)c2ccccc2)c(O)c1. The van der Waals surface area contributed by atoms with E-state index in [2.05, 4.69) is 29.3 Å². The number of carbonyl (C=O) groups excluding carboxylic acids is 1. The van der Waals surface area contributed by atoms with Crippen molar-refractivity contribution < 1.29 is 9.90 Å². The van der Waals surface area contributed by atoms with Crippen LogP contribution in [-0.2, 0) is 4.79 Å². The molecule has 3 aromatic rings. The van der Waals surface area contributed by atoms with E-state index in [0.717, 1.165) is 29.9 Å². The number of anilines is 1. The molecule has 0 bridgehead atoms. The molecule has 0 unspecified atom stereocenters. The van der Waals surface area contributed by atoms with E-state index < -0.39 is 5.92 Å². The van der Waals surface area contributed by atoms with E-state index in [9.17, 15) is 9.90 Å². The molecule has 1 amide bonds. The number of hydrogen-bond donors (Lipinski definition) is 2. The van der Waals surface area contributed by atoms with Gasteiger partial charge in [0.15, 0.2) is 0 Å². The van der Waals surface area contributed by atoms with Crippen molar-refractivity contribution in [3.63, 3.8) is 0 Å². The average Bonchev–Trinajstić information content (AvgIpc) is 2.78. The Morgan fingerprint density at radius 3 is 2.03 bits per heavy atom. The Hall–Kier alpha value is -3.60. The number of rotatable bonds is 8. The summed E-state index contributed by atoms with van der Waals surface area (Å²) in [4.78, 5) is 15.1. The molecule has 0 aliphatic heterocycles. The molecule has 0 aliphatic rings. The first-order valence-corrected chi connectivity index (χ1v) is 10.1. The summed E-state index contributed by atoms with van der Waals surface area (Å²) in [5.74, 6) is -0.578. The Balaban J connectivity index is 1.76. The van der Waals surface area contributed by atoms with Crippen LogP contribution in [0.3, 0.4) is 0 Å². The van der Waals surface area contributed by atoms with Crippen LogP contribution in [0.5, 0.6) is 5.75 Å². The lowest BCUT2D eigenvalue weighted by Crippen LogP contribution is -2.26. The van der Waals surface area contributed by atoms with Gasteiger partial charge in [-0.15, -0.1) is 0 Å². The molecule has 154 valence electrons. The van der Waals surface area contributed by atoms with Gasteiger partial charge in [0.25, 0.3) is 5.91 Å². The first-order valence-electron chi connectivity index (χ1n) is 10.1. The highest BCUT2D eigenvalue weighted by Crippen LogP contribution is 2.25. The monoisotopic (exact) mass is 401 g/mol. The van der Waals surface area contributed by atoms with Crippen molar-refractivity contribution in [1.82, 2.24) is 5.43 Å². The Labute approximate surface area is 177 Å². The van der Waals surface area contributed by atoms with Crippen molar-refractivity contribution in [2.24, 2.45) is 5.10 Å². The number of phenolic OH excluding ortho intramolecular Hbond substituents is 1. The van der Waals surface area contributed by atoms with Gasteiger partial charge in [0, 0.05) is 30.4 Å². The van der Waals surface area contributed by atoms with Crippen LogP contribution in [0, 0.1) is 0 Å². The number of carbonyl (C=O) groups is 1. The second-order valence-corrected chi connectivity index (χ2v) is 6.90. The number of benzene rings is 3. The number of nitrogens with one attached hydrogen (secondary N) is 1. The predicted molar refractivity (Wildman–Crippen MR) is 122 cm³/mol. The lowest BCUT2D eigenvalue weighted by molar-refractivity contribution is -0.121. The summed E-state index contributed by atoms with van der Waals surface area (Å²) in [6.45, 7) is 5.86. The van der Waals surface area contributed by atoms with E-state index in [4.69, 9.17) is 0 Å². The molecular weight excluding hydrogens is 374 g/mol. The quantitative estimate of drug-likeness (QED) is 0.431. The molecule has 5 nitrogen and oxygen atoms in total. The minimum Gasteiger partial charge on any atom is -0.507 e. The standard InChI is InChI=1S/C25H27N3O2/c1-3-28(4-2)22-16-15-21(23(29)17-22)18-26-27-25(30)24(19-11-7-5-8-12-19)20-13-9-6-10-14-20/h5-18,24,29H,3-4H2,1-2H3,(H,27,30)/b26-18-. The van der Waals surface area contributed by atoms with E-state index in [1.165, 1.54) is 6.21 Å². The second-order valence-electron chi connectivity index (χ2n) is 6.90. The molecule has 0 saturated heterocycles. The summed E-state index contributed by atoms with van der Waals surface area (Å²) < 4.78 is 0. The molecule has 0 heterocycles. The fraction of sp³-hybridized carbons (Fsp3) is 0.200. The Kier molecular flexibility index (Phi) is 7.22. The van der Waals surface area contributed by atoms with Crippen LogP contribution in [0.2, 0.25) is 0 Å². The van der Waals surface area contributed by atoms with Gasteiger partial charge in [-0.05, 0) is 37.1 Å². The maximum atomic E-state index is 12.9. The van der Waals surface area contributed by atoms with Gasteiger partial charge in [-0.2, -0.15) is 5.10 Å². The number of phenols is 1. The van der Waals surface area contributed by atoms with Crippen molar-refractivity contribution in [2.75, 3.05) is 18.0 Å². The molecule has 5 heteroatoms. The van der Waals surface area contributed by atoms with Crippen LogP contribution < -0.4 is 10.3 Å². The zero-order chi connectivity index (χ0) is 21.3. The number of hydrogen-bond acceptors (Lipinski definition) is 4. The molecule has 0 atom stereocenters. The molecule has 30 heavy (non-hydrogen) atoms. The third kappa shape index (κ3) is 5.06. The molecule has 0 aliphatic carbocycles. The largest absolute Gasteiger partial charge is 0.507 e. The molecule has 2 N–H and O–H groups in total. The molecule has 0 aromatic heterocycles. The molecular formula is C25H27N3O2. The number of amides is 1. The van der Waals surface area contributed by atoms with Crippen LogP contribution in [0.1, 0.15) is 36.5 Å². The molecule has 0 fully saturated rings. The minimum absolute atomic E-state index is 0.125. The van der Waals surface area contributed by atoms with Gasteiger partial charge >= 0.3 is 0 Å². The highest BCUT2D eigenvalue weighted by Gasteiger charge is 2.22. The summed E-state index contributed by atoms with van der Waals surface area (Å²) in [5, 5.41) is 14.4. The van der Waals surface area contributed by atoms with Crippen molar-refractivity contribution in [3.05, 3.63) is 95.6 Å². The van der Waals surface area contributed by atoms with Crippen LogP contribution in [0.15, 0.2) is 84.0 Å². The molecule has 3 rings (SSSR count). The smallest absolute Gasteiger partial charge is 0.252 e. The molecule has 0 radical (unpaired) electrons. The Bertz CT molecular complexity index is 944. The summed E-state index contributed by atoms with van der Waals surface area (Å²) in [6.07, 6.45) is 1.46. The third-order valence-electron chi connectivity index (χ3n) is 5.05. The van der Waals surface area contributed by atoms with E-state index in [-0.39, 0.29) is 11.7 Å². The van der Waals surface area contributed by atoms with Crippen LogP contribution in [-0.4, -0.2) is 30.3 Å². The maximum Gasteiger partial charge on any atom is 0.252 e. The zero-order valence-electron chi connectivity index (χ0n) is 17.3. The van der Waals surface area contributed by atoms with Crippen molar-refractivity contribution in [3.8, 4) is 5.75 Å². The van der Waals surface area contributed by atoms with Gasteiger partial charge in [-0.1, -0.05) is 60.7 Å². The fourth-order valence-electron chi connectivity index (χ4n) is 3.44.